The maximum absolute atomic E-state index is 12.8. The van der Waals surface area contributed by atoms with E-state index in [0.717, 1.165) is 0 Å². The summed E-state index contributed by atoms with van der Waals surface area (Å²) in [4.78, 5) is 14.3. The summed E-state index contributed by atoms with van der Waals surface area (Å²) in [6, 6.07) is 2.28. The molecular formula is C17H20F2N4O4. The highest BCUT2D eigenvalue weighted by Crippen LogP contribution is 2.39. The van der Waals surface area contributed by atoms with Gasteiger partial charge in [0.1, 0.15) is 11.8 Å². The predicted molar refractivity (Wildman–Crippen MR) is 90.7 cm³/mol. The van der Waals surface area contributed by atoms with Crippen LogP contribution in [0, 0.1) is 0 Å². The molecule has 0 saturated carbocycles. The average molecular weight is 382 g/mol. The highest BCUT2D eigenvalue weighted by Gasteiger charge is 2.26. The first-order chi connectivity index (χ1) is 12.9. The van der Waals surface area contributed by atoms with Gasteiger partial charge in [0.15, 0.2) is 11.5 Å². The zero-order valence-electron chi connectivity index (χ0n) is 15.1. The Hall–Kier alpha value is -2.88. The number of carbonyl (C=O) groups is 1. The molecule has 1 N–H and O–H groups in total. The van der Waals surface area contributed by atoms with Crippen LogP contribution in [0.3, 0.4) is 0 Å². The molecule has 1 unspecified atom stereocenters. The normalized spacial score (nSPS) is 13.7. The van der Waals surface area contributed by atoms with E-state index in [0.29, 0.717) is 22.6 Å². The van der Waals surface area contributed by atoms with Gasteiger partial charge in [-0.25, -0.2) is 0 Å². The third-order valence-corrected chi connectivity index (χ3v) is 4.15. The fraction of sp³-hybridized carbons (Fsp3) is 0.412. The average Bonchev–Trinajstić information content (AvgIpc) is 3.23. The molecule has 1 amide bonds. The summed E-state index contributed by atoms with van der Waals surface area (Å²) in [5, 5.41) is 7.02. The van der Waals surface area contributed by atoms with Gasteiger partial charge in [-0.3, -0.25) is 9.48 Å². The van der Waals surface area contributed by atoms with Gasteiger partial charge in [-0.2, -0.15) is 13.9 Å². The van der Waals surface area contributed by atoms with E-state index in [9.17, 15) is 13.6 Å². The van der Waals surface area contributed by atoms with Gasteiger partial charge in [0.2, 0.25) is 12.7 Å². The van der Waals surface area contributed by atoms with Crippen molar-refractivity contribution < 1.29 is 27.8 Å². The van der Waals surface area contributed by atoms with Gasteiger partial charge < -0.3 is 24.4 Å². The number of aryl methyl sites for hydroxylation is 1. The van der Waals surface area contributed by atoms with Crippen molar-refractivity contribution in [1.29, 1.82) is 0 Å². The van der Waals surface area contributed by atoms with Crippen molar-refractivity contribution >= 4 is 5.91 Å². The smallest absolute Gasteiger partial charge is 0.387 e. The van der Waals surface area contributed by atoms with E-state index < -0.39 is 12.7 Å². The van der Waals surface area contributed by atoms with Gasteiger partial charge in [0, 0.05) is 44.0 Å². The summed E-state index contributed by atoms with van der Waals surface area (Å²) >= 11 is 0. The zero-order valence-corrected chi connectivity index (χ0v) is 15.1. The van der Waals surface area contributed by atoms with Crippen molar-refractivity contribution in [1.82, 2.24) is 20.0 Å². The Morgan fingerprint density at radius 2 is 2.11 bits per heavy atom. The van der Waals surface area contributed by atoms with E-state index in [4.69, 9.17) is 9.47 Å². The summed E-state index contributed by atoms with van der Waals surface area (Å²) in [6.07, 6.45) is 3.33. The number of nitrogens with zero attached hydrogens (tertiary/aromatic N) is 3. The monoisotopic (exact) mass is 382 g/mol. The van der Waals surface area contributed by atoms with Gasteiger partial charge in [0.05, 0.1) is 6.20 Å². The molecule has 1 aliphatic heterocycles. The van der Waals surface area contributed by atoms with Crippen molar-refractivity contribution in [2.24, 2.45) is 7.05 Å². The van der Waals surface area contributed by atoms with Gasteiger partial charge >= 0.3 is 6.61 Å². The summed E-state index contributed by atoms with van der Waals surface area (Å²) in [7, 11) is 5.00. The number of rotatable bonds is 7. The van der Waals surface area contributed by atoms with E-state index >= 15 is 0 Å². The number of benzene rings is 1. The number of carbonyl (C=O) groups excluding carboxylic acids is 1. The molecule has 1 atom stereocenters. The summed E-state index contributed by atoms with van der Waals surface area (Å²) in [5.41, 5.74) is 1.09. The molecule has 2 aromatic rings. The number of nitrogens with one attached hydrogen (secondary N) is 1. The van der Waals surface area contributed by atoms with E-state index in [1.807, 2.05) is 0 Å². The number of halogens is 2. The number of fused-ring (bicyclic) bond motifs is 1. The lowest BCUT2D eigenvalue weighted by Gasteiger charge is -2.24. The second-order valence-corrected chi connectivity index (χ2v) is 6.06. The first-order valence-corrected chi connectivity index (χ1v) is 8.17. The lowest BCUT2D eigenvalue weighted by Crippen LogP contribution is -2.37. The second-order valence-electron chi connectivity index (χ2n) is 6.06. The number of hydrogen-bond acceptors (Lipinski definition) is 6. The Morgan fingerprint density at radius 3 is 2.70 bits per heavy atom. The van der Waals surface area contributed by atoms with Crippen molar-refractivity contribution in [3.63, 3.8) is 0 Å². The minimum absolute atomic E-state index is 0.00448. The second kappa shape index (κ2) is 7.78. The first-order valence-electron chi connectivity index (χ1n) is 8.17. The number of alkyl halides is 2. The largest absolute Gasteiger partial charge is 0.454 e. The molecular weight excluding hydrogens is 362 g/mol. The lowest BCUT2D eigenvalue weighted by atomic mass is 10.1. The third kappa shape index (κ3) is 4.11. The summed E-state index contributed by atoms with van der Waals surface area (Å²) in [5.74, 6) is 0.444. The van der Waals surface area contributed by atoms with Crippen LogP contribution >= 0.6 is 0 Å². The predicted octanol–water partition coefficient (Wildman–Crippen LogP) is 1.67. The molecule has 0 aliphatic carbocycles. The standard InChI is InChI=1S/C17H20F2N4O4/c1-20-15(11-6-21-23(3)8-11)16(24)22(2)7-10-4-13-14(26-9-25-13)5-12(10)27-17(18)19/h4-6,8,15,17,20H,7,9H2,1-3H3. The maximum Gasteiger partial charge on any atom is 0.387 e. The number of ether oxygens (including phenoxy) is 3. The van der Waals surface area contributed by atoms with Crippen LogP contribution in [-0.2, 0) is 18.4 Å². The van der Waals surface area contributed by atoms with Crippen LogP contribution < -0.4 is 19.5 Å². The molecule has 10 heteroatoms. The van der Waals surface area contributed by atoms with Crippen LogP contribution in [-0.4, -0.2) is 48.1 Å². The molecule has 0 saturated heterocycles. The molecule has 0 bridgehead atoms. The topological polar surface area (TPSA) is 77.9 Å². The Labute approximate surface area is 154 Å². The zero-order chi connectivity index (χ0) is 19.6. The van der Waals surface area contributed by atoms with Crippen molar-refractivity contribution in [2.75, 3.05) is 20.9 Å². The van der Waals surface area contributed by atoms with Gasteiger partial charge in [-0.15, -0.1) is 0 Å². The molecule has 1 aromatic heterocycles. The van der Waals surface area contributed by atoms with Crippen LogP contribution in [0.2, 0.25) is 0 Å². The minimum Gasteiger partial charge on any atom is -0.454 e. The Bertz CT molecular complexity index is 827. The molecule has 27 heavy (non-hydrogen) atoms. The van der Waals surface area contributed by atoms with Crippen LogP contribution in [0.15, 0.2) is 24.5 Å². The number of amides is 1. The third-order valence-electron chi connectivity index (χ3n) is 4.15. The van der Waals surface area contributed by atoms with E-state index in [2.05, 4.69) is 15.2 Å². The SMILES string of the molecule is CNC(C(=O)N(C)Cc1cc2c(cc1OC(F)F)OCO2)c1cnn(C)c1. The number of hydrogen-bond donors (Lipinski definition) is 1. The number of aromatic nitrogens is 2. The maximum atomic E-state index is 12.8. The highest BCUT2D eigenvalue weighted by molar-refractivity contribution is 5.83. The highest BCUT2D eigenvalue weighted by atomic mass is 19.3. The quantitative estimate of drug-likeness (QED) is 0.785. The molecule has 0 fully saturated rings. The van der Waals surface area contributed by atoms with E-state index in [1.165, 1.54) is 11.0 Å². The van der Waals surface area contributed by atoms with Crippen molar-refractivity contribution in [3.05, 3.63) is 35.7 Å². The minimum atomic E-state index is -2.99. The molecule has 3 rings (SSSR count). The van der Waals surface area contributed by atoms with Crippen molar-refractivity contribution in [3.8, 4) is 17.2 Å². The van der Waals surface area contributed by atoms with Crippen LogP contribution in [0.1, 0.15) is 17.2 Å². The van der Waals surface area contributed by atoms with Crippen LogP contribution in [0.5, 0.6) is 17.2 Å². The van der Waals surface area contributed by atoms with Crippen LogP contribution in [0.4, 0.5) is 8.78 Å². The Kier molecular flexibility index (Phi) is 5.45. The summed E-state index contributed by atoms with van der Waals surface area (Å²) in [6.45, 7) is -2.94. The van der Waals surface area contributed by atoms with Gasteiger partial charge in [-0.1, -0.05) is 0 Å². The molecule has 8 nitrogen and oxygen atoms in total. The summed E-state index contributed by atoms with van der Waals surface area (Å²) < 4.78 is 42.2. The van der Waals surface area contributed by atoms with Gasteiger partial charge in [-0.05, 0) is 13.1 Å². The van der Waals surface area contributed by atoms with E-state index in [-0.39, 0.29) is 25.0 Å². The Morgan fingerprint density at radius 1 is 1.41 bits per heavy atom. The Balaban J connectivity index is 1.82. The molecule has 2 heterocycles. The molecule has 0 radical (unpaired) electrons. The first kappa shape index (κ1) is 18.9. The van der Waals surface area contributed by atoms with Crippen molar-refractivity contribution in [2.45, 2.75) is 19.2 Å². The fourth-order valence-electron chi connectivity index (χ4n) is 2.87. The van der Waals surface area contributed by atoms with Crippen LogP contribution in [0.25, 0.3) is 0 Å². The molecule has 0 spiro atoms. The lowest BCUT2D eigenvalue weighted by molar-refractivity contribution is -0.132. The van der Waals surface area contributed by atoms with E-state index in [1.54, 1.807) is 44.3 Å². The molecule has 1 aliphatic rings. The molecule has 146 valence electrons. The number of likely N-dealkylation sites (N-methyl/N-ethyl adjacent to an activating group) is 2. The van der Waals surface area contributed by atoms with Gasteiger partial charge in [0.25, 0.3) is 0 Å². The fourth-order valence-corrected chi connectivity index (χ4v) is 2.87. The molecule has 1 aromatic carbocycles.